The number of H-pyrrole nitrogens is 1. The topological polar surface area (TPSA) is 125 Å². The summed E-state index contributed by atoms with van der Waals surface area (Å²) in [5, 5.41) is 22.1. The van der Waals surface area contributed by atoms with Crippen molar-refractivity contribution in [3.05, 3.63) is 56.7 Å². The van der Waals surface area contributed by atoms with Crippen molar-refractivity contribution in [1.29, 1.82) is 0 Å². The normalized spacial score (nSPS) is 10.1. The molecule has 0 spiro atoms. The number of carbonyl (C=O) groups excluding carboxylic acids is 1. The van der Waals surface area contributed by atoms with E-state index in [4.69, 9.17) is 16.7 Å². The zero-order valence-electron chi connectivity index (χ0n) is 10.3. The number of carboxylic acid groups (broad SMARTS) is 1. The van der Waals surface area contributed by atoms with E-state index in [-0.39, 0.29) is 27.8 Å². The first kappa shape index (κ1) is 14.5. The summed E-state index contributed by atoms with van der Waals surface area (Å²) in [5.74, 6) is -2.29. The third-order valence-corrected chi connectivity index (χ3v) is 2.81. The molecule has 9 heteroatoms. The summed E-state index contributed by atoms with van der Waals surface area (Å²) in [5.41, 5.74) is -0.218. The lowest BCUT2D eigenvalue weighted by Gasteiger charge is -2.07. The van der Waals surface area contributed by atoms with E-state index in [9.17, 15) is 19.7 Å². The maximum absolute atomic E-state index is 11.9. The summed E-state index contributed by atoms with van der Waals surface area (Å²) in [6.07, 6.45) is 0. The zero-order chi connectivity index (χ0) is 15.6. The molecule has 0 aliphatic carbocycles. The summed E-state index contributed by atoms with van der Waals surface area (Å²) in [4.78, 5) is 35.1. The lowest BCUT2D eigenvalue weighted by Crippen LogP contribution is -2.15. The number of benzene rings is 1. The molecule has 0 aliphatic rings. The van der Waals surface area contributed by atoms with Gasteiger partial charge in [-0.05, 0) is 29.2 Å². The molecule has 0 bridgehead atoms. The smallest absolute Gasteiger partial charge is 0.337 e. The molecule has 2 rings (SSSR count). The Kier molecular flexibility index (Phi) is 3.90. The van der Waals surface area contributed by atoms with Crippen LogP contribution in [0.4, 0.5) is 11.5 Å². The van der Waals surface area contributed by atoms with Gasteiger partial charge in [-0.25, -0.2) is 9.78 Å². The fraction of sp³-hybridized carbons (Fsp3) is 0. The quantitative estimate of drug-likeness (QED) is 0.591. The van der Waals surface area contributed by atoms with Crippen LogP contribution in [0.3, 0.4) is 0 Å². The summed E-state index contributed by atoms with van der Waals surface area (Å²) in [6.45, 7) is 0. The Hall–Kier alpha value is -2.87. The highest BCUT2D eigenvalue weighted by Gasteiger charge is 2.18. The van der Waals surface area contributed by atoms with Gasteiger partial charge in [-0.15, -0.1) is 0 Å². The van der Waals surface area contributed by atoms with Gasteiger partial charge in [-0.2, -0.15) is 0 Å². The van der Waals surface area contributed by atoms with Crippen molar-refractivity contribution < 1.29 is 19.6 Å². The lowest BCUT2D eigenvalue weighted by molar-refractivity contribution is -0.389. The number of amides is 1. The molecule has 0 aliphatic heterocycles. The summed E-state index contributed by atoms with van der Waals surface area (Å²) >= 11 is 5.76. The Morgan fingerprint density at radius 3 is 2.57 bits per heavy atom. The van der Waals surface area contributed by atoms with E-state index in [1.165, 1.54) is 24.3 Å². The number of carboxylic acids is 1. The number of nitrogens with one attached hydrogen (secondary N) is 2. The van der Waals surface area contributed by atoms with E-state index in [1.807, 2.05) is 0 Å². The molecule has 1 amide bonds. The van der Waals surface area contributed by atoms with Crippen molar-refractivity contribution in [3.8, 4) is 0 Å². The molecule has 0 saturated carbocycles. The minimum atomic E-state index is -1.24. The number of carbonyl (C=O) groups is 2. The molecule has 0 atom stereocenters. The first-order chi connectivity index (χ1) is 9.88. The van der Waals surface area contributed by atoms with Crippen LogP contribution in [-0.4, -0.2) is 26.9 Å². The van der Waals surface area contributed by atoms with Crippen molar-refractivity contribution in [2.75, 3.05) is 5.32 Å². The van der Waals surface area contributed by atoms with Crippen LogP contribution < -0.4 is 5.32 Å². The van der Waals surface area contributed by atoms with E-state index in [0.717, 1.165) is 6.07 Å². The van der Waals surface area contributed by atoms with Gasteiger partial charge >= 0.3 is 11.8 Å². The second-order valence-electron chi connectivity index (χ2n) is 3.96. The first-order valence-electron chi connectivity index (χ1n) is 5.56. The molecule has 21 heavy (non-hydrogen) atoms. The third kappa shape index (κ3) is 3.18. The molecule has 108 valence electrons. The molecule has 0 unspecified atom stereocenters. The molecule has 8 nitrogen and oxygen atoms in total. The summed E-state index contributed by atoms with van der Waals surface area (Å²) < 4.78 is 0. The maximum atomic E-state index is 11.9. The number of hydrogen-bond donors (Lipinski definition) is 3. The number of halogens is 1. The number of nitro groups is 1. The number of anilines is 1. The van der Waals surface area contributed by atoms with Crippen LogP contribution in [0.25, 0.3) is 0 Å². The van der Waals surface area contributed by atoms with E-state index in [1.54, 1.807) is 0 Å². The Bertz CT molecular complexity index is 740. The molecule has 1 heterocycles. The second-order valence-corrected chi connectivity index (χ2v) is 4.40. The van der Waals surface area contributed by atoms with Crippen LogP contribution in [0.2, 0.25) is 5.02 Å². The van der Waals surface area contributed by atoms with Crippen LogP contribution in [-0.2, 0) is 0 Å². The number of rotatable bonds is 4. The summed E-state index contributed by atoms with van der Waals surface area (Å²) in [6, 6.07) is 6.25. The van der Waals surface area contributed by atoms with E-state index in [2.05, 4.69) is 10.3 Å². The van der Waals surface area contributed by atoms with Crippen molar-refractivity contribution in [2.24, 2.45) is 0 Å². The van der Waals surface area contributed by atoms with Crippen LogP contribution in [0.1, 0.15) is 20.8 Å². The summed E-state index contributed by atoms with van der Waals surface area (Å²) in [7, 11) is 0. The highest BCUT2D eigenvalue weighted by atomic mass is 35.5. The van der Waals surface area contributed by atoms with E-state index >= 15 is 0 Å². The van der Waals surface area contributed by atoms with Gasteiger partial charge in [0, 0.05) is 11.1 Å². The van der Waals surface area contributed by atoms with Crippen LogP contribution >= 0.6 is 11.6 Å². The van der Waals surface area contributed by atoms with E-state index in [0.29, 0.717) is 0 Å². The second kappa shape index (κ2) is 5.63. The molecule has 2 aromatic rings. The van der Waals surface area contributed by atoms with Gasteiger partial charge in [-0.1, -0.05) is 11.6 Å². The monoisotopic (exact) mass is 309 g/mol. The van der Waals surface area contributed by atoms with Crippen molar-refractivity contribution >= 4 is 35.0 Å². The van der Waals surface area contributed by atoms with Crippen LogP contribution in [0.15, 0.2) is 30.3 Å². The van der Waals surface area contributed by atoms with Gasteiger partial charge in [0.15, 0.2) is 5.69 Å². The standard InChI is InChI=1S/C12H8ClN3O5/c13-6-1-2-7(12(18)19)9(5-6)15-11(17)8-3-4-10(14-8)16(20)21/h1-5,14H,(H,15,17)(H,18,19). The Balaban J connectivity index is 2.28. The lowest BCUT2D eigenvalue weighted by atomic mass is 10.1. The Morgan fingerprint density at radius 1 is 1.29 bits per heavy atom. The van der Waals surface area contributed by atoms with Gasteiger partial charge in [0.05, 0.1) is 11.3 Å². The molecule has 3 N–H and O–H groups in total. The van der Waals surface area contributed by atoms with Gasteiger partial charge in [0.1, 0.15) is 0 Å². The van der Waals surface area contributed by atoms with Crippen molar-refractivity contribution in [3.63, 3.8) is 0 Å². The molecular weight excluding hydrogens is 302 g/mol. The Labute approximate surface area is 122 Å². The number of nitrogens with zero attached hydrogens (tertiary/aromatic N) is 1. The predicted octanol–water partition coefficient (Wildman–Crippen LogP) is 2.53. The molecule has 0 fully saturated rings. The average Bonchev–Trinajstić information content (AvgIpc) is 2.88. The van der Waals surface area contributed by atoms with Gasteiger partial charge < -0.3 is 20.5 Å². The minimum Gasteiger partial charge on any atom is -0.478 e. The number of aromatic amines is 1. The molecule has 1 aromatic heterocycles. The van der Waals surface area contributed by atoms with Gasteiger partial charge in [0.2, 0.25) is 0 Å². The molecular formula is C12H8ClN3O5. The maximum Gasteiger partial charge on any atom is 0.337 e. The third-order valence-electron chi connectivity index (χ3n) is 2.57. The number of hydrogen-bond acceptors (Lipinski definition) is 4. The van der Waals surface area contributed by atoms with Crippen LogP contribution in [0, 0.1) is 10.1 Å². The largest absolute Gasteiger partial charge is 0.478 e. The zero-order valence-corrected chi connectivity index (χ0v) is 11.0. The molecule has 0 radical (unpaired) electrons. The fourth-order valence-corrected chi connectivity index (χ4v) is 1.79. The number of aromatic nitrogens is 1. The average molecular weight is 310 g/mol. The van der Waals surface area contributed by atoms with Gasteiger partial charge in [-0.3, -0.25) is 4.79 Å². The fourth-order valence-electron chi connectivity index (χ4n) is 1.62. The SMILES string of the molecule is O=C(Nc1cc(Cl)ccc1C(=O)O)c1ccc([N+](=O)[O-])[nH]1. The predicted molar refractivity (Wildman–Crippen MR) is 73.8 cm³/mol. The minimum absolute atomic E-state index is 0.00254. The van der Waals surface area contributed by atoms with E-state index < -0.39 is 16.8 Å². The Morgan fingerprint density at radius 2 is 2.00 bits per heavy atom. The first-order valence-corrected chi connectivity index (χ1v) is 5.94. The van der Waals surface area contributed by atoms with Crippen molar-refractivity contribution in [2.45, 2.75) is 0 Å². The highest BCUT2D eigenvalue weighted by molar-refractivity contribution is 6.31. The molecule has 1 aromatic carbocycles. The van der Waals surface area contributed by atoms with Gasteiger partial charge in [0.25, 0.3) is 5.91 Å². The van der Waals surface area contributed by atoms with Crippen LogP contribution in [0.5, 0.6) is 0 Å². The van der Waals surface area contributed by atoms with Crippen molar-refractivity contribution in [1.82, 2.24) is 4.98 Å². The number of aromatic carboxylic acids is 1. The molecule has 0 saturated heterocycles. The highest BCUT2D eigenvalue weighted by Crippen LogP contribution is 2.22.